The predicted octanol–water partition coefficient (Wildman–Crippen LogP) is 7.09. The molecule has 0 aliphatic heterocycles. The molecule has 43 heavy (non-hydrogen) atoms. The van der Waals surface area contributed by atoms with Gasteiger partial charge in [-0.25, -0.2) is 0 Å². The van der Waals surface area contributed by atoms with Gasteiger partial charge in [0.15, 0.2) is 0 Å². The number of carboxylic acid groups (broad SMARTS) is 1. The van der Waals surface area contributed by atoms with Gasteiger partial charge in [0.25, 0.3) is 0 Å². The number of aliphatic carboxylic acids is 1. The summed E-state index contributed by atoms with van der Waals surface area (Å²) >= 11 is -0.323. The summed E-state index contributed by atoms with van der Waals surface area (Å²) in [4.78, 5) is 25.6. The third kappa shape index (κ3) is 5.72. The fourth-order valence-electron chi connectivity index (χ4n) is 5.93. The van der Waals surface area contributed by atoms with Crippen molar-refractivity contribution in [2.75, 3.05) is 6.61 Å². The maximum atomic E-state index is 13.1. The Kier molecular flexibility index (Phi) is 8.41. The quantitative estimate of drug-likeness (QED) is 0.127. The summed E-state index contributed by atoms with van der Waals surface area (Å²) in [6, 6.07) is 45.7. The Labute approximate surface area is 257 Å². The molecule has 0 fully saturated rings. The molecule has 0 radical (unpaired) electrons. The molecule has 1 aliphatic carbocycles. The van der Waals surface area contributed by atoms with Gasteiger partial charge in [0.2, 0.25) is 0 Å². The van der Waals surface area contributed by atoms with Gasteiger partial charge in [0.1, 0.15) is 0 Å². The Bertz CT molecular complexity index is 1570. The fourth-order valence-corrected chi connectivity index (χ4v) is 9.19. The van der Waals surface area contributed by atoms with Crippen LogP contribution in [0, 0.1) is 0 Å². The summed E-state index contributed by atoms with van der Waals surface area (Å²) in [6.07, 6.45) is -0.727. The molecule has 0 saturated carbocycles. The molecule has 0 bridgehead atoms. The topological polar surface area (TPSA) is 75.6 Å². The van der Waals surface area contributed by atoms with Crippen LogP contribution in [0.4, 0.5) is 4.79 Å². The summed E-state index contributed by atoms with van der Waals surface area (Å²) in [5, 5.41) is 13.1. The van der Waals surface area contributed by atoms with Gasteiger partial charge < -0.3 is 0 Å². The van der Waals surface area contributed by atoms with Crippen LogP contribution in [0.1, 0.15) is 33.7 Å². The summed E-state index contributed by atoms with van der Waals surface area (Å²) in [5.41, 5.74) is 7.73. The van der Waals surface area contributed by atoms with E-state index >= 15 is 0 Å². The van der Waals surface area contributed by atoms with Crippen molar-refractivity contribution in [3.63, 3.8) is 0 Å². The minimum absolute atomic E-state index is 0.104. The van der Waals surface area contributed by atoms with Crippen molar-refractivity contribution in [1.29, 1.82) is 0 Å². The predicted molar refractivity (Wildman–Crippen MR) is 169 cm³/mol. The Morgan fingerprint density at radius 1 is 0.674 bits per heavy atom. The number of nitrogens with one attached hydrogen (secondary N) is 1. The van der Waals surface area contributed by atoms with E-state index in [0.717, 1.165) is 38.9 Å². The molecule has 0 heterocycles. The standard InChI is InChI=1S/C37H31NO4Se/c39-35(40)34(38-36(41)42-24-33-31-22-12-10-20-29(31)30-21-11-13-23-32(30)33)25-43-37(26-14-4-1-5-15-26,27-16-6-2-7-17-27)28-18-8-3-9-19-28/h1-23,33-34H,24-25H2,(H,38,41)(H,39,40)/t34-/m1/s1. The molecular formula is C37H31NO4Se. The molecule has 2 N–H and O–H groups in total. The molecule has 5 aromatic carbocycles. The van der Waals surface area contributed by atoms with Crippen LogP contribution < -0.4 is 5.32 Å². The monoisotopic (exact) mass is 633 g/mol. The van der Waals surface area contributed by atoms with Crippen LogP contribution in [0.25, 0.3) is 11.1 Å². The van der Waals surface area contributed by atoms with Crippen molar-refractivity contribution in [3.05, 3.63) is 167 Å². The van der Waals surface area contributed by atoms with Crippen molar-refractivity contribution in [3.8, 4) is 11.1 Å². The number of benzene rings is 5. The van der Waals surface area contributed by atoms with E-state index in [1.807, 2.05) is 78.9 Å². The maximum absolute atomic E-state index is 13.1. The van der Waals surface area contributed by atoms with E-state index in [2.05, 4.69) is 66.0 Å². The van der Waals surface area contributed by atoms with Crippen molar-refractivity contribution in [2.24, 2.45) is 0 Å². The van der Waals surface area contributed by atoms with Crippen molar-refractivity contribution in [2.45, 2.75) is 21.6 Å². The van der Waals surface area contributed by atoms with Gasteiger partial charge in [-0.3, -0.25) is 0 Å². The number of carbonyl (C=O) groups is 2. The third-order valence-corrected chi connectivity index (χ3v) is 11.4. The summed E-state index contributed by atoms with van der Waals surface area (Å²) < 4.78 is 5.14. The van der Waals surface area contributed by atoms with E-state index in [0.29, 0.717) is 0 Å². The van der Waals surface area contributed by atoms with Crippen molar-refractivity contribution in [1.82, 2.24) is 5.32 Å². The molecule has 5 aromatic rings. The van der Waals surface area contributed by atoms with Gasteiger partial charge in [0, 0.05) is 0 Å². The first kappa shape index (κ1) is 28.5. The normalized spacial score (nSPS) is 13.0. The van der Waals surface area contributed by atoms with Crippen LogP contribution in [-0.2, 0) is 13.8 Å². The van der Waals surface area contributed by atoms with Gasteiger partial charge in [-0.15, -0.1) is 0 Å². The number of hydrogen-bond acceptors (Lipinski definition) is 3. The van der Waals surface area contributed by atoms with E-state index in [1.165, 1.54) is 0 Å². The molecule has 0 spiro atoms. The molecule has 6 rings (SSSR count). The Balaban J connectivity index is 1.23. The molecule has 6 heteroatoms. The van der Waals surface area contributed by atoms with Crippen molar-refractivity contribution >= 4 is 27.0 Å². The molecule has 0 unspecified atom stereocenters. The van der Waals surface area contributed by atoms with Crippen LogP contribution >= 0.6 is 0 Å². The van der Waals surface area contributed by atoms with Crippen molar-refractivity contribution < 1.29 is 19.4 Å². The van der Waals surface area contributed by atoms with Crippen LogP contribution in [0.5, 0.6) is 0 Å². The number of rotatable bonds is 10. The third-order valence-electron chi connectivity index (χ3n) is 7.94. The number of hydrogen-bond donors (Lipinski definition) is 2. The van der Waals surface area contributed by atoms with Crippen LogP contribution in [0.3, 0.4) is 0 Å². The van der Waals surface area contributed by atoms with E-state index in [9.17, 15) is 14.7 Å². The molecule has 0 aromatic heterocycles. The number of amides is 1. The number of alkyl carbamates (subject to hydrolysis) is 1. The molecule has 1 amide bonds. The molecule has 1 atom stereocenters. The van der Waals surface area contributed by atoms with Crippen LogP contribution in [-0.4, -0.2) is 44.8 Å². The first-order valence-corrected chi connectivity index (χ1v) is 16.3. The first-order valence-electron chi connectivity index (χ1n) is 14.2. The summed E-state index contributed by atoms with van der Waals surface area (Å²) in [5.74, 6) is -1.19. The zero-order chi connectivity index (χ0) is 29.6. The second-order valence-corrected chi connectivity index (χ2v) is 13.0. The number of carbonyl (C=O) groups excluding carboxylic acids is 1. The fraction of sp³-hybridized carbons (Fsp3) is 0.135. The zero-order valence-electron chi connectivity index (χ0n) is 23.4. The van der Waals surface area contributed by atoms with Gasteiger partial charge in [-0.1, -0.05) is 0 Å². The average Bonchev–Trinajstić information content (AvgIpc) is 3.38. The molecule has 214 valence electrons. The Hall–Kier alpha value is -4.64. The summed E-state index contributed by atoms with van der Waals surface area (Å²) in [6.45, 7) is 0.124. The average molecular weight is 633 g/mol. The first-order chi connectivity index (χ1) is 21.1. The Morgan fingerprint density at radius 2 is 1.09 bits per heavy atom. The molecule has 5 nitrogen and oxygen atoms in total. The number of ether oxygens (including phenoxy) is 1. The second-order valence-electron chi connectivity index (χ2n) is 10.5. The van der Waals surface area contributed by atoms with Gasteiger partial charge in [-0.05, 0) is 0 Å². The van der Waals surface area contributed by atoms with E-state index in [1.54, 1.807) is 0 Å². The molecular weight excluding hydrogens is 601 g/mol. The zero-order valence-corrected chi connectivity index (χ0v) is 25.1. The minimum atomic E-state index is -1.11. The Morgan fingerprint density at radius 3 is 1.53 bits per heavy atom. The SMILES string of the molecule is O=C(N[C@H](C[Se]C(c1ccccc1)(c1ccccc1)c1ccccc1)C(=O)O)OCC1c2ccccc2-c2ccccc21. The van der Waals surface area contributed by atoms with E-state index in [4.69, 9.17) is 4.74 Å². The second kappa shape index (κ2) is 12.7. The summed E-state index contributed by atoms with van der Waals surface area (Å²) in [7, 11) is 0. The van der Waals surface area contributed by atoms with Crippen LogP contribution in [0.2, 0.25) is 5.32 Å². The van der Waals surface area contributed by atoms with Gasteiger partial charge >= 0.3 is 258 Å². The van der Waals surface area contributed by atoms with Gasteiger partial charge in [0.05, 0.1) is 0 Å². The molecule has 1 aliphatic rings. The van der Waals surface area contributed by atoms with Crippen LogP contribution in [0.15, 0.2) is 140 Å². The van der Waals surface area contributed by atoms with E-state index < -0.39 is 22.4 Å². The molecule has 0 saturated heterocycles. The number of fused-ring (bicyclic) bond motifs is 3. The number of carboxylic acids is 1. The van der Waals surface area contributed by atoms with E-state index in [-0.39, 0.29) is 32.8 Å². The van der Waals surface area contributed by atoms with Gasteiger partial charge in [-0.2, -0.15) is 0 Å².